The highest BCUT2D eigenvalue weighted by Gasteiger charge is 2.07. The van der Waals surface area contributed by atoms with Crippen LogP contribution in [0.15, 0.2) is 47.2 Å². The number of thiophene rings is 1. The Balaban J connectivity index is 1.81. The molecule has 0 aliphatic rings. The fourth-order valence-corrected chi connectivity index (χ4v) is 3.48. The maximum atomic E-state index is 4.54. The van der Waals surface area contributed by atoms with Crippen LogP contribution in [0.4, 0.5) is 5.69 Å². The average molecular weight is 300 g/mol. The molecule has 20 heavy (non-hydrogen) atoms. The van der Waals surface area contributed by atoms with Crippen molar-refractivity contribution >= 4 is 28.4 Å². The van der Waals surface area contributed by atoms with Gasteiger partial charge in [0.1, 0.15) is 0 Å². The Kier molecular flexibility index (Phi) is 3.85. The summed E-state index contributed by atoms with van der Waals surface area (Å²) < 4.78 is 0. The third-order valence-electron chi connectivity index (χ3n) is 3.13. The Morgan fingerprint density at radius 1 is 1.15 bits per heavy atom. The molecule has 102 valence electrons. The summed E-state index contributed by atoms with van der Waals surface area (Å²) in [5.41, 5.74) is 3.35. The monoisotopic (exact) mass is 300 g/mol. The number of rotatable bonds is 4. The Hall–Kier alpha value is -1.65. The van der Waals surface area contributed by atoms with E-state index in [-0.39, 0.29) is 0 Å². The third-order valence-corrected chi connectivity index (χ3v) is 4.96. The van der Waals surface area contributed by atoms with Crippen LogP contribution in [-0.2, 0) is 0 Å². The topological polar surface area (TPSA) is 24.9 Å². The fourth-order valence-electron chi connectivity index (χ4n) is 2.12. The highest BCUT2D eigenvalue weighted by molar-refractivity contribution is 7.10. The first-order chi connectivity index (χ1) is 9.72. The van der Waals surface area contributed by atoms with Crippen molar-refractivity contribution in [1.29, 1.82) is 0 Å². The van der Waals surface area contributed by atoms with Crippen molar-refractivity contribution < 1.29 is 0 Å². The fraction of sp³-hybridized carbons (Fsp3) is 0.188. The molecule has 1 aromatic carbocycles. The normalized spacial score (nSPS) is 12.3. The summed E-state index contributed by atoms with van der Waals surface area (Å²) >= 11 is 3.47. The van der Waals surface area contributed by atoms with Crippen molar-refractivity contribution in [3.8, 4) is 11.3 Å². The van der Waals surface area contributed by atoms with Gasteiger partial charge in [-0.05, 0) is 37.4 Å². The molecule has 0 radical (unpaired) electrons. The summed E-state index contributed by atoms with van der Waals surface area (Å²) in [6.07, 6.45) is 0. The zero-order valence-electron chi connectivity index (χ0n) is 11.5. The van der Waals surface area contributed by atoms with Gasteiger partial charge in [-0.25, -0.2) is 4.98 Å². The molecule has 0 aliphatic carbocycles. The lowest BCUT2D eigenvalue weighted by Gasteiger charge is -2.14. The second kappa shape index (κ2) is 5.77. The molecule has 2 heterocycles. The predicted octanol–water partition coefficient (Wildman–Crippen LogP) is 5.35. The zero-order chi connectivity index (χ0) is 13.9. The average Bonchev–Trinajstić information content (AvgIpc) is 3.10. The van der Waals surface area contributed by atoms with Gasteiger partial charge in [0, 0.05) is 21.5 Å². The maximum absolute atomic E-state index is 4.54. The van der Waals surface area contributed by atoms with Gasteiger partial charge < -0.3 is 5.32 Å². The number of nitrogens with zero attached hydrogens (tertiary/aromatic N) is 1. The van der Waals surface area contributed by atoms with Gasteiger partial charge in [-0.3, -0.25) is 0 Å². The van der Waals surface area contributed by atoms with Crippen LogP contribution < -0.4 is 5.32 Å². The number of hydrogen-bond acceptors (Lipinski definition) is 4. The van der Waals surface area contributed by atoms with Gasteiger partial charge in [-0.1, -0.05) is 18.2 Å². The van der Waals surface area contributed by atoms with Crippen molar-refractivity contribution in [2.24, 2.45) is 0 Å². The van der Waals surface area contributed by atoms with E-state index in [1.165, 1.54) is 4.88 Å². The summed E-state index contributed by atoms with van der Waals surface area (Å²) in [4.78, 5) is 5.89. The molecular weight excluding hydrogens is 284 g/mol. The second-order valence-electron chi connectivity index (χ2n) is 4.71. The lowest BCUT2D eigenvalue weighted by molar-refractivity contribution is 0.908. The smallest absolute Gasteiger partial charge is 0.0901 e. The predicted molar refractivity (Wildman–Crippen MR) is 88.6 cm³/mol. The van der Waals surface area contributed by atoms with Crippen LogP contribution in [-0.4, -0.2) is 4.98 Å². The van der Waals surface area contributed by atoms with Gasteiger partial charge in [-0.2, -0.15) is 0 Å². The van der Waals surface area contributed by atoms with Gasteiger partial charge in [0.05, 0.1) is 16.7 Å². The summed E-state index contributed by atoms with van der Waals surface area (Å²) in [5.74, 6) is 0. The second-order valence-corrected chi connectivity index (χ2v) is 6.76. The Labute approximate surface area is 127 Å². The van der Waals surface area contributed by atoms with Crippen LogP contribution in [0.3, 0.4) is 0 Å². The van der Waals surface area contributed by atoms with E-state index in [0.29, 0.717) is 6.04 Å². The van der Waals surface area contributed by atoms with E-state index in [1.54, 1.807) is 22.7 Å². The van der Waals surface area contributed by atoms with Gasteiger partial charge >= 0.3 is 0 Å². The van der Waals surface area contributed by atoms with E-state index in [4.69, 9.17) is 0 Å². The van der Waals surface area contributed by atoms with Crippen LogP contribution in [0, 0.1) is 6.92 Å². The van der Waals surface area contributed by atoms with E-state index < -0.39 is 0 Å². The van der Waals surface area contributed by atoms with E-state index >= 15 is 0 Å². The highest BCUT2D eigenvalue weighted by Crippen LogP contribution is 2.27. The first-order valence-corrected chi connectivity index (χ1v) is 8.31. The molecule has 1 N–H and O–H groups in total. The van der Waals surface area contributed by atoms with Crippen LogP contribution in [0.1, 0.15) is 22.9 Å². The molecule has 4 heteroatoms. The van der Waals surface area contributed by atoms with Gasteiger partial charge in [-0.15, -0.1) is 22.7 Å². The van der Waals surface area contributed by atoms with Gasteiger partial charge in [0.15, 0.2) is 0 Å². The first kappa shape index (κ1) is 13.3. The standard InChI is InChI=1S/C16H16N2S2/c1-11(16-7-4-8-19-16)17-14-6-3-5-13(9-14)15-10-20-12(2)18-15/h3-11,17H,1-2H3. The molecule has 1 atom stereocenters. The first-order valence-electron chi connectivity index (χ1n) is 6.55. The van der Waals surface area contributed by atoms with Crippen LogP contribution >= 0.6 is 22.7 Å². The lowest BCUT2D eigenvalue weighted by Crippen LogP contribution is -2.04. The number of aryl methyl sites for hydroxylation is 1. The summed E-state index contributed by atoms with van der Waals surface area (Å²) in [7, 11) is 0. The summed E-state index contributed by atoms with van der Waals surface area (Å²) in [6, 6.07) is 13.0. The molecule has 1 unspecified atom stereocenters. The molecular formula is C16H16N2S2. The quantitative estimate of drug-likeness (QED) is 0.702. The van der Waals surface area contributed by atoms with Crippen molar-refractivity contribution in [2.45, 2.75) is 19.9 Å². The summed E-state index contributed by atoms with van der Waals surface area (Å²) in [5, 5.41) is 8.87. The molecule has 0 aliphatic heterocycles. The molecule has 0 saturated carbocycles. The van der Waals surface area contributed by atoms with Crippen LogP contribution in [0.2, 0.25) is 0 Å². The largest absolute Gasteiger partial charge is 0.378 e. The van der Waals surface area contributed by atoms with E-state index in [1.807, 2.05) is 6.92 Å². The molecule has 3 aromatic rings. The molecule has 2 aromatic heterocycles. The molecule has 0 amide bonds. The number of nitrogens with one attached hydrogen (secondary N) is 1. The van der Waals surface area contributed by atoms with Crippen LogP contribution in [0.25, 0.3) is 11.3 Å². The number of benzene rings is 1. The van der Waals surface area contributed by atoms with Crippen molar-refractivity contribution in [2.75, 3.05) is 5.32 Å². The SMILES string of the molecule is Cc1nc(-c2cccc(NC(C)c3cccs3)c2)cs1. The van der Waals surface area contributed by atoms with Crippen LogP contribution in [0.5, 0.6) is 0 Å². The van der Waals surface area contributed by atoms with E-state index in [9.17, 15) is 0 Å². The zero-order valence-corrected chi connectivity index (χ0v) is 13.1. The Bertz CT molecular complexity index is 686. The Morgan fingerprint density at radius 3 is 2.75 bits per heavy atom. The van der Waals surface area contributed by atoms with Crippen molar-refractivity contribution in [3.63, 3.8) is 0 Å². The maximum Gasteiger partial charge on any atom is 0.0901 e. The highest BCUT2D eigenvalue weighted by atomic mass is 32.1. The minimum Gasteiger partial charge on any atom is -0.378 e. The number of anilines is 1. The number of aromatic nitrogens is 1. The number of hydrogen-bond donors (Lipinski definition) is 1. The van der Waals surface area contributed by atoms with E-state index in [2.05, 4.69) is 64.4 Å². The third kappa shape index (κ3) is 2.92. The minimum atomic E-state index is 0.322. The van der Waals surface area contributed by atoms with Gasteiger partial charge in [0.2, 0.25) is 0 Å². The Morgan fingerprint density at radius 2 is 2.05 bits per heavy atom. The molecule has 0 saturated heterocycles. The van der Waals surface area contributed by atoms with Crippen molar-refractivity contribution in [3.05, 3.63) is 57.0 Å². The molecule has 0 fully saturated rings. The van der Waals surface area contributed by atoms with Gasteiger partial charge in [0.25, 0.3) is 0 Å². The summed E-state index contributed by atoms with van der Waals surface area (Å²) in [6.45, 7) is 4.22. The van der Waals surface area contributed by atoms with E-state index in [0.717, 1.165) is 22.0 Å². The van der Waals surface area contributed by atoms with Crippen molar-refractivity contribution in [1.82, 2.24) is 4.98 Å². The molecule has 3 rings (SSSR count). The molecule has 2 nitrogen and oxygen atoms in total. The number of thiazole rings is 1. The molecule has 0 spiro atoms. The minimum absolute atomic E-state index is 0.322. The molecule has 0 bridgehead atoms. The lowest BCUT2D eigenvalue weighted by atomic mass is 10.1.